The third kappa shape index (κ3) is 2.74. The number of oxime groups is 1. The first kappa shape index (κ1) is 15.4. The average molecular weight is 298 g/mol. The van der Waals surface area contributed by atoms with Crippen molar-refractivity contribution in [3.05, 3.63) is 0 Å². The van der Waals surface area contributed by atoms with E-state index in [2.05, 4.69) is 5.16 Å². The Morgan fingerprint density at radius 3 is 2.24 bits per heavy atom. The average Bonchev–Trinajstić information content (AvgIpc) is 2.46. The van der Waals surface area contributed by atoms with Crippen molar-refractivity contribution in [2.45, 2.75) is 26.2 Å². The fraction of sp³-hybridized carbons (Fsp3) is 0.769. The molecular formula is C13H22N4O4. The molecule has 0 unspecified atom stereocenters. The Bertz CT molecular complexity index is 439. The van der Waals surface area contributed by atoms with Gasteiger partial charge < -0.3 is 25.5 Å². The minimum atomic E-state index is -0.846. The largest absolute Gasteiger partial charge is 0.450 e. The molecule has 0 atom stereocenters. The van der Waals surface area contributed by atoms with Crippen molar-refractivity contribution >= 4 is 17.8 Å². The lowest BCUT2D eigenvalue weighted by molar-refractivity contribution is -0.143. The highest BCUT2D eigenvalue weighted by Gasteiger charge is 2.50. The SMILES string of the molecule is CCOC(=O)N1CCN(C(=O)C2(C(N)=NO)CCC2)CC1. The standard InChI is InChI=1S/C13H22N4O4/c1-2-21-12(19)17-8-6-16(7-9-17)11(18)13(4-3-5-13)10(14)15-20/h20H,2-9H2,1H3,(H2,14,15). The minimum Gasteiger partial charge on any atom is -0.450 e. The summed E-state index contributed by atoms with van der Waals surface area (Å²) in [6, 6.07) is 0. The Morgan fingerprint density at radius 2 is 1.81 bits per heavy atom. The summed E-state index contributed by atoms with van der Waals surface area (Å²) >= 11 is 0. The van der Waals surface area contributed by atoms with E-state index in [0.717, 1.165) is 6.42 Å². The highest BCUT2D eigenvalue weighted by molar-refractivity contribution is 6.07. The third-order valence-corrected chi connectivity index (χ3v) is 4.31. The molecule has 8 nitrogen and oxygen atoms in total. The van der Waals surface area contributed by atoms with Gasteiger partial charge in [-0.3, -0.25) is 4.79 Å². The maximum atomic E-state index is 12.6. The Kier molecular flexibility index (Phi) is 4.54. The number of carbonyl (C=O) groups excluding carboxylic acids is 2. The molecule has 0 aromatic rings. The predicted molar refractivity (Wildman–Crippen MR) is 74.9 cm³/mol. The molecule has 1 aliphatic carbocycles. The number of amidine groups is 1. The normalized spacial score (nSPS) is 21.7. The van der Waals surface area contributed by atoms with Crippen LogP contribution < -0.4 is 5.73 Å². The zero-order chi connectivity index (χ0) is 15.5. The van der Waals surface area contributed by atoms with Gasteiger partial charge in [0.1, 0.15) is 5.41 Å². The van der Waals surface area contributed by atoms with Gasteiger partial charge in [-0.2, -0.15) is 0 Å². The number of carbonyl (C=O) groups is 2. The van der Waals surface area contributed by atoms with Gasteiger partial charge in [-0.25, -0.2) is 4.79 Å². The molecule has 0 spiro atoms. The number of hydrogen-bond donors (Lipinski definition) is 2. The van der Waals surface area contributed by atoms with E-state index in [1.807, 2.05) is 0 Å². The maximum absolute atomic E-state index is 12.6. The van der Waals surface area contributed by atoms with E-state index < -0.39 is 5.41 Å². The smallest absolute Gasteiger partial charge is 0.409 e. The molecule has 2 fully saturated rings. The summed E-state index contributed by atoms with van der Waals surface area (Å²) in [5, 5.41) is 11.9. The molecule has 0 radical (unpaired) electrons. The predicted octanol–water partition coefficient (Wildman–Crippen LogP) is 0.204. The van der Waals surface area contributed by atoms with Crippen molar-refractivity contribution in [1.82, 2.24) is 9.80 Å². The van der Waals surface area contributed by atoms with E-state index in [0.29, 0.717) is 45.6 Å². The summed E-state index contributed by atoms with van der Waals surface area (Å²) in [6.45, 7) is 3.86. The molecule has 0 aromatic carbocycles. The Hall–Kier alpha value is -1.99. The number of piperazine rings is 1. The fourth-order valence-electron chi connectivity index (χ4n) is 2.82. The van der Waals surface area contributed by atoms with Crippen molar-refractivity contribution < 1.29 is 19.5 Å². The van der Waals surface area contributed by atoms with Gasteiger partial charge in [0.15, 0.2) is 5.84 Å². The van der Waals surface area contributed by atoms with Crippen LogP contribution in [0, 0.1) is 5.41 Å². The molecule has 3 N–H and O–H groups in total. The van der Waals surface area contributed by atoms with Crippen molar-refractivity contribution in [2.24, 2.45) is 16.3 Å². The van der Waals surface area contributed by atoms with E-state index in [1.54, 1.807) is 16.7 Å². The molecule has 1 heterocycles. The maximum Gasteiger partial charge on any atom is 0.409 e. The molecular weight excluding hydrogens is 276 g/mol. The van der Waals surface area contributed by atoms with Crippen LogP contribution in [0.1, 0.15) is 26.2 Å². The van der Waals surface area contributed by atoms with Crippen LogP contribution in [0.5, 0.6) is 0 Å². The minimum absolute atomic E-state index is 0.00780. The van der Waals surface area contributed by atoms with Crippen LogP contribution in [0.15, 0.2) is 5.16 Å². The summed E-state index contributed by atoms with van der Waals surface area (Å²) in [5.74, 6) is -0.112. The highest BCUT2D eigenvalue weighted by atomic mass is 16.6. The third-order valence-electron chi connectivity index (χ3n) is 4.31. The Morgan fingerprint density at radius 1 is 1.24 bits per heavy atom. The molecule has 2 rings (SSSR count). The van der Waals surface area contributed by atoms with Gasteiger partial charge >= 0.3 is 6.09 Å². The second-order valence-electron chi connectivity index (χ2n) is 5.40. The molecule has 1 aliphatic heterocycles. The first-order valence-corrected chi connectivity index (χ1v) is 7.24. The summed E-state index contributed by atoms with van der Waals surface area (Å²) in [4.78, 5) is 27.5. The number of rotatable bonds is 3. The molecule has 2 aliphatic rings. The van der Waals surface area contributed by atoms with E-state index in [9.17, 15) is 9.59 Å². The molecule has 8 heteroatoms. The number of hydrogen-bond acceptors (Lipinski definition) is 5. The molecule has 1 saturated heterocycles. The van der Waals surface area contributed by atoms with Gasteiger partial charge in [-0.15, -0.1) is 0 Å². The first-order valence-electron chi connectivity index (χ1n) is 7.24. The lowest BCUT2D eigenvalue weighted by atomic mass is 9.66. The van der Waals surface area contributed by atoms with Gasteiger partial charge in [0, 0.05) is 26.2 Å². The first-order chi connectivity index (χ1) is 10.0. The van der Waals surface area contributed by atoms with E-state index in [-0.39, 0.29) is 17.8 Å². The van der Waals surface area contributed by atoms with Crippen LogP contribution in [0.4, 0.5) is 4.79 Å². The summed E-state index contributed by atoms with van der Waals surface area (Å²) < 4.78 is 4.94. The number of ether oxygens (including phenoxy) is 1. The fourth-order valence-corrected chi connectivity index (χ4v) is 2.82. The lowest BCUT2D eigenvalue weighted by Gasteiger charge is -2.44. The van der Waals surface area contributed by atoms with Crippen LogP contribution >= 0.6 is 0 Å². The van der Waals surface area contributed by atoms with E-state index in [4.69, 9.17) is 15.7 Å². The number of amides is 2. The second kappa shape index (κ2) is 6.19. The molecule has 1 saturated carbocycles. The van der Waals surface area contributed by atoms with Gasteiger partial charge in [-0.1, -0.05) is 11.6 Å². The van der Waals surface area contributed by atoms with Crippen LogP contribution in [-0.2, 0) is 9.53 Å². The van der Waals surface area contributed by atoms with E-state index in [1.165, 1.54) is 0 Å². The van der Waals surface area contributed by atoms with E-state index >= 15 is 0 Å². The lowest BCUT2D eigenvalue weighted by Crippen LogP contribution is -2.59. The zero-order valence-corrected chi connectivity index (χ0v) is 12.2. The molecule has 21 heavy (non-hydrogen) atoms. The molecule has 0 aromatic heterocycles. The molecule has 2 amide bonds. The van der Waals surface area contributed by atoms with Crippen molar-refractivity contribution in [1.29, 1.82) is 0 Å². The zero-order valence-electron chi connectivity index (χ0n) is 12.2. The molecule has 0 bridgehead atoms. The van der Waals surface area contributed by atoms with Gasteiger partial charge in [0.2, 0.25) is 5.91 Å². The van der Waals surface area contributed by atoms with Crippen LogP contribution in [0.3, 0.4) is 0 Å². The van der Waals surface area contributed by atoms with Gasteiger partial charge in [0.05, 0.1) is 6.61 Å². The van der Waals surface area contributed by atoms with Gasteiger partial charge in [0.25, 0.3) is 0 Å². The van der Waals surface area contributed by atoms with Crippen LogP contribution in [0.2, 0.25) is 0 Å². The van der Waals surface area contributed by atoms with Crippen molar-refractivity contribution in [3.8, 4) is 0 Å². The number of nitrogens with two attached hydrogens (primary N) is 1. The van der Waals surface area contributed by atoms with Crippen LogP contribution in [0.25, 0.3) is 0 Å². The summed E-state index contributed by atoms with van der Waals surface area (Å²) in [7, 11) is 0. The topological polar surface area (TPSA) is 108 Å². The Balaban J connectivity index is 1.96. The Labute approximate surface area is 123 Å². The quantitative estimate of drug-likeness (QED) is 0.335. The second-order valence-corrected chi connectivity index (χ2v) is 5.40. The van der Waals surface area contributed by atoms with Crippen molar-refractivity contribution in [3.63, 3.8) is 0 Å². The monoisotopic (exact) mass is 298 g/mol. The summed E-state index contributed by atoms with van der Waals surface area (Å²) in [5.41, 5.74) is 4.86. The van der Waals surface area contributed by atoms with Crippen molar-refractivity contribution in [2.75, 3.05) is 32.8 Å². The number of nitrogens with zero attached hydrogens (tertiary/aromatic N) is 3. The summed E-state index contributed by atoms with van der Waals surface area (Å²) in [6.07, 6.45) is 1.77. The highest BCUT2D eigenvalue weighted by Crippen LogP contribution is 2.42. The van der Waals surface area contributed by atoms with Gasteiger partial charge in [-0.05, 0) is 19.8 Å². The molecule has 118 valence electrons. The van der Waals surface area contributed by atoms with Crippen LogP contribution in [-0.4, -0.2) is 65.6 Å².